The zero-order valence-electron chi connectivity index (χ0n) is 20.8. The van der Waals surface area contributed by atoms with Crippen LogP contribution < -0.4 is 0 Å². The van der Waals surface area contributed by atoms with Gasteiger partial charge in [-0.05, 0) is 30.5 Å². The first kappa shape index (κ1) is 25.3. The molecule has 4 heteroatoms. The number of esters is 1. The molecule has 0 heterocycles. The maximum absolute atomic E-state index is 16.2. The lowest BCUT2D eigenvalue weighted by atomic mass is 9.93. The highest BCUT2D eigenvalue weighted by atomic mass is 19.1. The van der Waals surface area contributed by atoms with Crippen molar-refractivity contribution < 1.29 is 13.9 Å². The van der Waals surface area contributed by atoms with E-state index in [-0.39, 0.29) is 30.9 Å². The average Bonchev–Trinajstić information content (AvgIpc) is 2.92. The molecule has 4 aromatic carbocycles. The van der Waals surface area contributed by atoms with Gasteiger partial charge in [0.05, 0.1) is 13.0 Å². The Morgan fingerprint density at radius 1 is 0.833 bits per heavy atom. The van der Waals surface area contributed by atoms with Gasteiger partial charge in [0.1, 0.15) is 5.82 Å². The van der Waals surface area contributed by atoms with Crippen LogP contribution in [0.5, 0.6) is 0 Å². The normalized spacial score (nSPS) is 12.8. The minimum absolute atomic E-state index is 0.0486. The largest absolute Gasteiger partial charge is 0.466 e. The molecule has 0 saturated heterocycles. The minimum Gasteiger partial charge on any atom is -0.466 e. The summed E-state index contributed by atoms with van der Waals surface area (Å²) in [5.41, 5.74) is 4.00. The highest BCUT2D eigenvalue weighted by molar-refractivity contribution is 5.71. The van der Waals surface area contributed by atoms with Crippen molar-refractivity contribution in [2.45, 2.75) is 38.9 Å². The first-order chi connectivity index (χ1) is 17.6. The number of ether oxygens (including phenoxy) is 1. The molecule has 0 amide bonds. The number of nitrogens with zero attached hydrogens (tertiary/aromatic N) is 1. The Morgan fingerprint density at radius 2 is 1.44 bits per heavy atom. The van der Waals surface area contributed by atoms with E-state index < -0.39 is 6.04 Å². The molecule has 0 aromatic heterocycles. The molecular weight excluding hydrogens is 449 g/mol. The van der Waals surface area contributed by atoms with Crippen molar-refractivity contribution in [1.29, 1.82) is 0 Å². The second-order valence-electron chi connectivity index (χ2n) is 8.84. The molecule has 0 radical (unpaired) electrons. The summed E-state index contributed by atoms with van der Waals surface area (Å²) < 4.78 is 21.6. The first-order valence-corrected chi connectivity index (χ1v) is 12.4. The molecule has 4 rings (SSSR count). The van der Waals surface area contributed by atoms with Crippen LogP contribution in [0.1, 0.15) is 49.0 Å². The predicted molar refractivity (Wildman–Crippen MR) is 143 cm³/mol. The first-order valence-electron chi connectivity index (χ1n) is 12.4. The molecule has 36 heavy (non-hydrogen) atoms. The number of halogens is 1. The van der Waals surface area contributed by atoms with E-state index in [1.54, 1.807) is 19.1 Å². The van der Waals surface area contributed by atoms with Gasteiger partial charge >= 0.3 is 5.97 Å². The smallest absolute Gasteiger partial charge is 0.307 e. The van der Waals surface area contributed by atoms with E-state index in [9.17, 15) is 4.79 Å². The molecular formula is C32H32FNO2. The molecule has 3 nitrogen and oxygen atoms in total. The number of benzene rings is 4. The van der Waals surface area contributed by atoms with Gasteiger partial charge in [-0.15, -0.1) is 0 Å². The molecule has 184 valence electrons. The molecule has 0 aliphatic rings. The fourth-order valence-corrected chi connectivity index (χ4v) is 4.67. The van der Waals surface area contributed by atoms with E-state index in [2.05, 4.69) is 36.1 Å². The van der Waals surface area contributed by atoms with Gasteiger partial charge in [0.2, 0.25) is 0 Å². The van der Waals surface area contributed by atoms with Gasteiger partial charge < -0.3 is 4.74 Å². The van der Waals surface area contributed by atoms with E-state index in [4.69, 9.17) is 4.74 Å². The molecule has 2 atom stereocenters. The summed E-state index contributed by atoms with van der Waals surface area (Å²) in [5, 5.41) is 0. The Hall–Kier alpha value is -3.76. The number of carbonyl (C=O) groups excluding carboxylic acids is 1. The maximum atomic E-state index is 16.2. The third-order valence-electron chi connectivity index (χ3n) is 6.53. The topological polar surface area (TPSA) is 29.5 Å². The standard InChI is InChI=1S/C32H32FNO2/c1-3-36-31(35)22-30(29-21-13-20-28(32(29)33)27-18-11-6-12-19-27)34(23-25-14-7-4-8-15-25)24(2)26-16-9-5-10-17-26/h4-21,24,30H,3,22-23H2,1-2H3/t24-,30?/m1/s1. The fraction of sp³-hybridized carbons (Fsp3) is 0.219. The van der Waals surface area contributed by atoms with Crippen LogP contribution in [0.15, 0.2) is 109 Å². The number of carbonyl (C=O) groups is 1. The van der Waals surface area contributed by atoms with Gasteiger partial charge in [0, 0.05) is 29.8 Å². The molecule has 0 spiro atoms. The van der Waals surface area contributed by atoms with Crippen LogP contribution in [0.3, 0.4) is 0 Å². The third-order valence-corrected chi connectivity index (χ3v) is 6.53. The van der Waals surface area contributed by atoms with Crippen molar-refractivity contribution in [3.05, 3.63) is 132 Å². The molecule has 4 aromatic rings. The summed E-state index contributed by atoms with van der Waals surface area (Å²) in [5.74, 6) is -0.651. The highest BCUT2D eigenvalue weighted by Crippen LogP contribution is 2.38. The molecule has 0 fully saturated rings. The van der Waals surface area contributed by atoms with Crippen LogP contribution in [0.4, 0.5) is 4.39 Å². The Morgan fingerprint density at radius 3 is 2.08 bits per heavy atom. The molecule has 0 bridgehead atoms. The van der Waals surface area contributed by atoms with Crippen molar-refractivity contribution in [2.75, 3.05) is 6.61 Å². The zero-order valence-corrected chi connectivity index (χ0v) is 20.8. The SMILES string of the molecule is CCOC(=O)CC(c1cccc(-c2ccccc2)c1F)N(Cc1ccccc1)[C@H](C)c1ccccc1. The summed E-state index contributed by atoms with van der Waals surface area (Å²) in [6.07, 6.45) is 0.0486. The predicted octanol–water partition coefficient (Wildman–Crippen LogP) is 7.75. The van der Waals surface area contributed by atoms with Crippen LogP contribution in [-0.4, -0.2) is 17.5 Å². The second kappa shape index (κ2) is 12.3. The quantitative estimate of drug-likeness (QED) is 0.217. The van der Waals surface area contributed by atoms with E-state index in [1.807, 2.05) is 72.8 Å². The van der Waals surface area contributed by atoms with Gasteiger partial charge in [0.15, 0.2) is 0 Å². The number of rotatable bonds is 10. The van der Waals surface area contributed by atoms with Gasteiger partial charge in [-0.3, -0.25) is 9.69 Å². The summed E-state index contributed by atoms with van der Waals surface area (Å²) >= 11 is 0. The summed E-state index contributed by atoms with van der Waals surface area (Å²) in [6.45, 7) is 4.73. The fourth-order valence-electron chi connectivity index (χ4n) is 4.67. The van der Waals surface area contributed by atoms with Crippen LogP contribution in [-0.2, 0) is 16.1 Å². The molecule has 0 N–H and O–H groups in total. The second-order valence-corrected chi connectivity index (χ2v) is 8.84. The molecule has 0 aliphatic carbocycles. The van der Waals surface area contributed by atoms with Crippen molar-refractivity contribution in [1.82, 2.24) is 4.90 Å². The lowest BCUT2D eigenvalue weighted by Gasteiger charge is -2.37. The maximum Gasteiger partial charge on any atom is 0.307 e. The summed E-state index contributed by atoms with van der Waals surface area (Å²) in [4.78, 5) is 15.0. The van der Waals surface area contributed by atoms with Crippen molar-refractivity contribution in [3.8, 4) is 11.1 Å². The van der Waals surface area contributed by atoms with Gasteiger partial charge in [-0.25, -0.2) is 4.39 Å². The number of hydrogen-bond donors (Lipinski definition) is 0. The van der Waals surface area contributed by atoms with E-state index >= 15 is 4.39 Å². The van der Waals surface area contributed by atoms with Crippen LogP contribution in [0.2, 0.25) is 0 Å². The van der Waals surface area contributed by atoms with E-state index in [1.165, 1.54) is 0 Å². The number of hydrogen-bond acceptors (Lipinski definition) is 3. The Kier molecular flexibility index (Phi) is 8.64. The highest BCUT2D eigenvalue weighted by Gasteiger charge is 2.31. The molecule has 1 unspecified atom stereocenters. The van der Waals surface area contributed by atoms with Crippen molar-refractivity contribution in [3.63, 3.8) is 0 Å². The van der Waals surface area contributed by atoms with Gasteiger partial charge in [-0.2, -0.15) is 0 Å². The zero-order chi connectivity index (χ0) is 25.3. The van der Waals surface area contributed by atoms with Gasteiger partial charge in [0.25, 0.3) is 0 Å². The van der Waals surface area contributed by atoms with E-state index in [0.717, 1.165) is 16.7 Å². The van der Waals surface area contributed by atoms with Crippen LogP contribution in [0, 0.1) is 5.82 Å². The Balaban J connectivity index is 1.83. The lowest BCUT2D eigenvalue weighted by Crippen LogP contribution is -2.33. The monoisotopic (exact) mass is 481 g/mol. The van der Waals surface area contributed by atoms with Gasteiger partial charge in [-0.1, -0.05) is 109 Å². The van der Waals surface area contributed by atoms with Crippen LogP contribution >= 0.6 is 0 Å². The van der Waals surface area contributed by atoms with Crippen molar-refractivity contribution in [2.24, 2.45) is 0 Å². The summed E-state index contributed by atoms with van der Waals surface area (Å²) in [7, 11) is 0. The lowest BCUT2D eigenvalue weighted by molar-refractivity contribution is -0.145. The minimum atomic E-state index is -0.525. The molecule has 0 saturated carbocycles. The van der Waals surface area contributed by atoms with E-state index in [0.29, 0.717) is 17.7 Å². The molecule has 0 aliphatic heterocycles. The van der Waals surface area contributed by atoms with Crippen molar-refractivity contribution >= 4 is 5.97 Å². The van der Waals surface area contributed by atoms with Crippen LogP contribution in [0.25, 0.3) is 11.1 Å². The Labute approximate surface area is 213 Å². The average molecular weight is 482 g/mol. The third kappa shape index (κ3) is 6.07. The summed E-state index contributed by atoms with van der Waals surface area (Å²) in [6, 6.07) is 34.6. The Bertz CT molecular complexity index is 1250.